The third kappa shape index (κ3) is 5.03. The highest BCUT2D eigenvalue weighted by Crippen LogP contribution is 2.41. The molecule has 9 nitrogen and oxygen atoms in total. The van der Waals surface area contributed by atoms with Crippen molar-refractivity contribution in [2.45, 2.75) is 11.8 Å². The molecule has 0 aliphatic carbocycles. The summed E-state index contributed by atoms with van der Waals surface area (Å²) in [6.07, 6.45) is 0. The second-order valence-electron chi connectivity index (χ2n) is 7.28. The summed E-state index contributed by atoms with van der Waals surface area (Å²) in [5.41, 5.74) is 8.53. The van der Waals surface area contributed by atoms with Gasteiger partial charge in [0.05, 0.1) is 17.1 Å². The zero-order chi connectivity index (χ0) is 23.6. The summed E-state index contributed by atoms with van der Waals surface area (Å²) < 4.78 is 33.4. The lowest BCUT2D eigenvalue weighted by molar-refractivity contribution is 0.472. The first kappa shape index (κ1) is 22.1. The first-order chi connectivity index (χ1) is 15.7. The van der Waals surface area contributed by atoms with Crippen LogP contribution in [-0.2, 0) is 10.1 Å². The van der Waals surface area contributed by atoms with Crippen molar-refractivity contribution in [2.24, 2.45) is 20.5 Å². The molecule has 0 atom stereocenters. The van der Waals surface area contributed by atoms with Gasteiger partial charge in [-0.05, 0) is 73.0 Å². The van der Waals surface area contributed by atoms with E-state index in [-0.39, 0.29) is 5.69 Å². The molecule has 0 unspecified atom stereocenters. The standard InChI is InChI=1S/C23H19N5O4S/c1-14-2-5-17(6-3-14)25-26-18-7-9-19(10-8-18)27-28-22-21(33(30,31)32)13-15-12-16(24)4-11-20(15)23(22)29/h2-13,29H,24H2,1H3,(H,30,31,32). The Bertz CT molecular complexity index is 1500. The third-order valence-electron chi connectivity index (χ3n) is 4.78. The molecule has 4 N–H and O–H groups in total. The molecule has 10 heteroatoms. The molecule has 4 rings (SSSR count). The Morgan fingerprint density at radius 2 is 1.27 bits per heavy atom. The third-order valence-corrected chi connectivity index (χ3v) is 5.65. The maximum absolute atomic E-state index is 11.9. The number of nitrogens with two attached hydrogens (primary N) is 1. The predicted octanol–water partition coefficient (Wildman–Crippen LogP) is 6.51. The summed E-state index contributed by atoms with van der Waals surface area (Å²) in [5.74, 6) is -0.438. The average molecular weight is 462 g/mol. The van der Waals surface area contributed by atoms with E-state index in [0.717, 1.165) is 11.3 Å². The van der Waals surface area contributed by atoms with Gasteiger partial charge in [-0.2, -0.15) is 23.8 Å². The number of phenols is 1. The maximum Gasteiger partial charge on any atom is 0.296 e. The number of nitrogens with zero attached hydrogens (tertiary/aromatic N) is 4. The summed E-state index contributed by atoms with van der Waals surface area (Å²) in [6.45, 7) is 1.99. The summed E-state index contributed by atoms with van der Waals surface area (Å²) in [6, 6.07) is 19.9. The van der Waals surface area contributed by atoms with E-state index in [0.29, 0.717) is 27.8 Å². The highest BCUT2D eigenvalue weighted by Gasteiger charge is 2.22. The van der Waals surface area contributed by atoms with E-state index in [1.165, 1.54) is 18.2 Å². The molecule has 4 aromatic carbocycles. The predicted molar refractivity (Wildman–Crippen MR) is 126 cm³/mol. The van der Waals surface area contributed by atoms with Crippen molar-refractivity contribution in [2.75, 3.05) is 5.73 Å². The normalized spacial score (nSPS) is 12.2. The molecule has 0 aliphatic heterocycles. The fraction of sp³-hybridized carbons (Fsp3) is 0.0435. The van der Waals surface area contributed by atoms with Crippen LogP contribution in [-0.4, -0.2) is 18.1 Å². The van der Waals surface area contributed by atoms with E-state index >= 15 is 0 Å². The number of nitrogen functional groups attached to an aromatic ring is 1. The molecule has 0 saturated carbocycles. The van der Waals surface area contributed by atoms with Crippen LogP contribution in [0, 0.1) is 6.92 Å². The topological polar surface area (TPSA) is 150 Å². The van der Waals surface area contributed by atoms with Crippen molar-refractivity contribution < 1.29 is 18.1 Å². The number of phenolic OH excluding ortho intramolecular Hbond substituents is 1. The van der Waals surface area contributed by atoms with E-state index in [1.807, 2.05) is 31.2 Å². The zero-order valence-electron chi connectivity index (χ0n) is 17.4. The number of anilines is 1. The van der Waals surface area contributed by atoms with Crippen molar-refractivity contribution in [3.63, 3.8) is 0 Å². The van der Waals surface area contributed by atoms with Gasteiger partial charge in [0.25, 0.3) is 10.1 Å². The summed E-state index contributed by atoms with van der Waals surface area (Å²) in [4.78, 5) is -0.578. The highest BCUT2D eigenvalue weighted by atomic mass is 32.2. The van der Waals surface area contributed by atoms with Gasteiger partial charge in [0.15, 0.2) is 5.75 Å². The molecular weight excluding hydrogens is 442 g/mol. The van der Waals surface area contributed by atoms with Gasteiger partial charge in [0, 0.05) is 11.1 Å². The number of hydrogen-bond donors (Lipinski definition) is 3. The van der Waals surface area contributed by atoms with Crippen LogP contribution in [0.15, 0.2) is 98.1 Å². The summed E-state index contributed by atoms with van der Waals surface area (Å²) >= 11 is 0. The Morgan fingerprint density at radius 3 is 1.82 bits per heavy atom. The number of hydrogen-bond acceptors (Lipinski definition) is 8. The van der Waals surface area contributed by atoms with Gasteiger partial charge < -0.3 is 10.8 Å². The molecule has 0 heterocycles. The lowest BCUT2D eigenvalue weighted by Crippen LogP contribution is -1.99. The van der Waals surface area contributed by atoms with Crippen LogP contribution in [0.25, 0.3) is 10.8 Å². The van der Waals surface area contributed by atoms with Crippen LogP contribution in [0.5, 0.6) is 5.75 Å². The molecule has 0 saturated heterocycles. The number of benzene rings is 4. The molecule has 0 fully saturated rings. The number of rotatable bonds is 5. The van der Waals surface area contributed by atoms with Crippen LogP contribution in [0.4, 0.5) is 28.4 Å². The largest absolute Gasteiger partial charge is 0.505 e. The van der Waals surface area contributed by atoms with E-state index < -0.39 is 20.8 Å². The van der Waals surface area contributed by atoms with Crippen molar-refractivity contribution in [3.05, 3.63) is 78.4 Å². The highest BCUT2D eigenvalue weighted by molar-refractivity contribution is 7.86. The molecule has 0 aromatic heterocycles. The van der Waals surface area contributed by atoms with Crippen LogP contribution >= 0.6 is 0 Å². The van der Waals surface area contributed by atoms with Crippen LogP contribution in [0.2, 0.25) is 0 Å². The minimum atomic E-state index is -4.69. The fourth-order valence-corrected chi connectivity index (χ4v) is 3.74. The smallest absolute Gasteiger partial charge is 0.296 e. The Morgan fingerprint density at radius 1 is 0.758 bits per heavy atom. The van der Waals surface area contributed by atoms with Gasteiger partial charge in [0.1, 0.15) is 10.6 Å². The Balaban J connectivity index is 1.64. The molecular formula is C23H19N5O4S. The van der Waals surface area contributed by atoms with Crippen molar-refractivity contribution in [3.8, 4) is 5.75 Å². The quantitative estimate of drug-likeness (QED) is 0.176. The molecule has 0 aliphatic rings. The zero-order valence-corrected chi connectivity index (χ0v) is 18.2. The monoisotopic (exact) mass is 461 g/mol. The second kappa shape index (κ2) is 8.77. The van der Waals surface area contributed by atoms with Gasteiger partial charge in [-0.15, -0.1) is 5.11 Å². The van der Waals surface area contributed by atoms with Gasteiger partial charge >= 0.3 is 0 Å². The van der Waals surface area contributed by atoms with E-state index in [4.69, 9.17) is 5.73 Å². The minimum absolute atomic E-state index is 0.317. The molecule has 4 aromatic rings. The van der Waals surface area contributed by atoms with Gasteiger partial charge in [0.2, 0.25) is 0 Å². The Hall–Kier alpha value is -4.15. The molecule has 0 amide bonds. The fourth-order valence-electron chi connectivity index (χ4n) is 3.08. The first-order valence-electron chi connectivity index (χ1n) is 9.73. The lowest BCUT2D eigenvalue weighted by Gasteiger charge is -2.09. The second-order valence-corrected chi connectivity index (χ2v) is 8.67. The van der Waals surface area contributed by atoms with Crippen molar-refractivity contribution in [1.82, 2.24) is 0 Å². The summed E-state index contributed by atoms with van der Waals surface area (Å²) in [5, 5.41) is 27.5. The first-order valence-corrected chi connectivity index (χ1v) is 11.2. The van der Waals surface area contributed by atoms with Gasteiger partial charge in [-0.3, -0.25) is 4.55 Å². The van der Waals surface area contributed by atoms with E-state index in [2.05, 4.69) is 20.5 Å². The Kier molecular flexibility index (Phi) is 5.86. The van der Waals surface area contributed by atoms with Crippen molar-refractivity contribution in [1.29, 1.82) is 0 Å². The van der Waals surface area contributed by atoms with Crippen LogP contribution in [0.1, 0.15) is 5.56 Å². The lowest BCUT2D eigenvalue weighted by atomic mass is 10.1. The number of fused-ring (bicyclic) bond motifs is 1. The molecule has 0 radical (unpaired) electrons. The van der Waals surface area contributed by atoms with Crippen molar-refractivity contribution >= 4 is 49.3 Å². The summed E-state index contributed by atoms with van der Waals surface area (Å²) in [7, 11) is -4.69. The molecule has 166 valence electrons. The minimum Gasteiger partial charge on any atom is -0.505 e. The van der Waals surface area contributed by atoms with Gasteiger partial charge in [-0.1, -0.05) is 17.7 Å². The number of azo groups is 2. The van der Waals surface area contributed by atoms with Crippen LogP contribution < -0.4 is 5.73 Å². The molecule has 0 bridgehead atoms. The molecule has 0 spiro atoms. The average Bonchev–Trinajstić information content (AvgIpc) is 2.78. The van der Waals surface area contributed by atoms with Gasteiger partial charge in [-0.25, -0.2) is 0 Å². The number of aromatic hydroxyl groups is 1. The molecule has 33 heavy (non-hydrogen) atoms. The van der Waals surface area contributed by atoms with E-state index in [1.54, 1.807) is 30.3 Å². The van der Waals surface area contributed by atoms with E-state index in [9.17, 15) is 18.1 Å². The maximum atomic E-state index is 11.9. The number of aryl methyl sites for hydroxylation is 1. The van der Waals surface area contributed by atoms with Crippen LogP contribution in [0.3, 0.4) is 0 Å². The Labute approximate surface area is 189 Å². The SMILES string of the molecule is Cc1ccc(N=Nc2ccc(N=Nc3c(S(=O)(=O)O)cc4cc(N)ccc4c3O)cc2)cc1.